The summed E-state index contributed by atoms with van der Waals surface area (Å²) < 4.78 is 31.0. The summed E-state index contributed by atoms with van der Waals surface area (Å²) in [6, 6.07) is 11.8. The number of aryl methyl sites for hydroxylation is 1. The molecule has 7 nitrogen and oxygen atoms in total. The molecule has 3 rings (SSSR count). The molecule has 1 aromatic heterocycles. The van der Waals surface area contributed by atoms with Crippen LogP contribution in [0, 0.1) is 0 Å². The maximum Gasteiger partial charge on any atom is 0.325 e. The molecule has 0 spiro atoms. The fourth-order valence-corrected chi connectivity index (χ4v) is 4.86. The quantitative estimate of drug-likeness (QED) is 0.504. The predicted molar refractivity (Wildman–Crippen MR) is 120 cm³/mol. The van der Waals surface area contributed by atoms with E-state index in [0.29, 0.717) is 4.80 Å². The Labute approximate surface area is 184 Å². The van der Waals surface area contributed by atoms with E-state index in [1.54, 1.807) is 4.57 Å². The number of methoxy groups -OCH3 is 1. The average Bonchev–Trinajstić information content (AvgIpc) is 3.07. The highest BCUT2D eigenvalue weighted by atomic mass is 32.2. The normalized spacial score (nSPS) is 12.3. The van der Waals surface area contributed by atoms with E-state index in [-0.39, 0.29) is 17.0 Å². The molecule has 3 aromatic rings. The molecule has 0 saturated heterocycles. The first kappa shape index (κ1) is 22.9. The summed E-state index contributed by atoms with van der Waals surface area (Å²) in [7, 11) is -2.15. The maximum absolute atomic E-state index is 12.8. The van der Waals surface area contributed by atoms with Crippen molar-refractivity contribution < 1.29 is 22.7 Å². The van der Waals surface area contributed by atoms with Gasteiger partial charge in [-0.25, -0.2) is 8.42 Å². The lowest BCUT2D eigenvalue weighted by atomic mass is 10.1. The smallest absolute Gasteiger partial charge is 0.325 e. The van der Waals surface area contributed by atoms with Crippen molar-refractivity contribution in [3.8, 4) is 0 Å². The van der Waals surface area contributed by atoms with Crippen molar-refractivity contribution in [1.29, 1.82) is 0 Å². The molecule has 0 atom stereocenters. The van der Waals surface area contributed by atoms with Crippen LogP contribution in [0.2, 0.25) is 0 Å². The number of sulfone groups is 1. The van der Waals surface area contributed by atoms with E-state index in [1.807, 2.05) is 12.1 Å². The van der Waals surface area contributed by atoms with Crippen molar-refractivity contribution in [2.75, 3.05) is 13.4 Å². The Morgan fingerprint density at radius 2 is 1.94 bits per heavy atom. The van der Waals surface area contributed by atoms with Crippen LogP contribution < -0.4 is 4.80 Å². The van der Waals surface area contributed by atoms with E-state index in [4.69, 9.17) is 4.74 Å². The number of thiazole rings is 1. The molecule has 0 aliphatic rings. The Hall–Kier alpha value is -2.78. The second-order valence-electron chi connectivity index (χ2n) is 7.17. The Kier molecular flexibility index (Phi) is 7.07. The molecule has 0 fully saturated rings. The van der Waals surface area contributed by atoms with E-state index >= 15 is 0 Å². The third-order valence-corrected chi connectivity index (χ3v) is 6.94. The predicted octanol–water partition coefficient (Wildman–Crippen LogP) is 3.36. The van der Waals surface area contributed by atoms with Crippen molar-refractivity contribution >= 4 is 43.3 Å². The highest BCUT2D eigenvalue weighted by molar-refractivity contribution is 7.90. The number of hydrogen-bond acceptors (Lipinski definition) is 6. The number of hydrogen-bond donors (Lipinski definition) is 0. The lowest BCUT2D eigenvalue weighted by Crippen LogP contribution is -2.22. The van der Waals surface area contributed by atoms with E-state index in [0.717, 1.165) is 35.7 Å². The van der Waals surface area contributed by atoms with Crippen LogP contribution in [0.15, 0.2) is 52.4 Å². The summed E-state index contributed by atoms with van der Waals surface area (Å²) in [5.41, 5.74) is 2.13. The number of rotatable bonds is 7. The van der Waals surface area contributed by atoms with Crippen molar-refractivity contribution in [3.63, 3.8) is 0 Å². The van der Waals surface area contributed by atoms with Crippen LogP contribution in [0.4, 0.5) is 0 Å². The molecule has 1 amide bonds. The Morgan fingerprint density at radius 1 is 1.16 bits per heavy atom. The summed E-state index contributed by atoms with van der Waals surface area (Å²) in [6.07, 6.45) is 4.20. The first-order valence-electron chi connectivity index (χ1n) is 9.81. The molecule has 0 bridgehead atoms. The Balaban J connectivity index is 2.10. The minimum absolute atomic E-state index is 0.0490. The van der Waals surface area contributed by atoms with Crippen LogP contribution in [0.1, 0.15) is 35.7 Å². The van der Waals surface area contributed by atoms with E-state index in [9.17, 15) is 18.0 Å². The van der Waals surface area contributed by atoms with Gasteiger partial charge in [-0.1, -0.05) is 36.8 Å². The number of fused-ring (bicyclic) bond motifs is 1. The van der Waals surface area contributed by atoms with Gasteiger partial charge in [0.2, 0.25) is 0 Å². The van der Waals surface area contributed by atoms with Crippen molar-refractivity contribution in [2.24, 2.45) is 4.99 Å². The Bertz CT molecular complexity index is 1300. The van der Waals surface area contributed by atoms with Crippen LogP contribution in [0.5, 0.6) is 0 Å². The largest absolute Gasteiger partial charge is 0.468 e. The number of aromatic nitrogens is 1. The van der Waals surface area contributed by atoms with Crippen LogP contribution in [-0.2, 0) is 32.3 Å². The number of ether oxygens (including phenoxy) is 1. The number of carbonyl (C=O) groups excluding carboxylic acids is 2. The number of esters is 1. The topological polar surface area (TPSA) is 94.8 Å². The molecule has 0 saturated carbocycles. The van der Waals surface area contributed by atoms with E-state index in [1.165, 1.54) is 48.3 Å². The molecule has 1 heterocycles. The summed E-state index contributed by atoms with van der Waals surface area (Å²) in [6.45, 7) is 2.05. The fourth-order valence-electron chi connectivity index (χ4n) is 3.10. The molecule has 164 valence electrons. The molecule has 0 unspecified atom stereocenters. The molecule has 2 aromatic carbocycles. The van der Waals surface area contributed by atoms with Crippen LogP contribution in [0.25, 0.3) is 10.2 Å². The lowest BCUT2D eigenvalue weighted by molar-refractivity contribution is -0.141. The third-order valence-electron chi connectivity index (χ3n) is 4.79. The summed E-state index contributed by atoms with van der Waals surface area (Å²) in [5.74, 6) is -1.04. The van der Waals surface area contributed by atoms with Gasteiger partial charge in [-0.05, 0) is 48.7 Å². The SMILES string of the molecule is CCCCc1ccc2c(c1)sc(=NC(=O)c1cccc(S(C)(=O)=O)c1)n2CC(=O)OC. The van der Waals surface area contributed by atoms with Gasteiger partial charge in [0.1, 0.15) is 6.54 Å². The van der Waals surface area contributed by atoms with Crippen LogP contribution in [0.3, 0.4) is 0 Å². The van der Waals surface area contributed by atoms with Gasteiger partial charge in [0.15, 0.2) is 14.6 Å². The van der Waals surface area contributed by atoms with Gasteiger partial charge < -0.3 is 9.30 Å². The number of benzene rings is 2. The number of amides is 1. The van der Waals surface area contributed by atoms with Crippen LogP contribution in [-0.4, -0.2) is 38.2 Å². The monoisotopic (exact) mass is 460 g/mol. The fraction of sp³-hybridized carbons (Fsp3) is 0.318. The first-order valence-corrected chi connectivity index (χ1v) is 12.5. The highest BCUT2D eigenvalue weighted by Gasteiger charge is 2.15. The minimum Gasteiger partial charge on any atom is -0.468 e. The molecule has 31 heavy (non-hydrogen) atoms. The standard InChI is InChI=1S/C22H24N2O5S2/c1-4-5-7-15-10-11-18-19(12-15)30-22(24(18)14-20(25)29-2)23-21(26)16-8-6-9-17(13-16)31(3,27)28/h6,8-13H,4-5,7,14H2,1-3H3. The second-order valence-corrected chi connectivity index (χ2v) is 10.2. The minimum atomic E-state index is -3.45. The van der Waals surface area contributed by atoms with Gasteiger partial charge >= 0.3 is 5.97 Å². The first-order chi connectivity index (χ1) is 14.7. The van der Waals surface area contributed by atoms with E-state index in [2.05, 4.69) is 18.0 Å². The van der Waals surface area contributed by atoms with Crippen molar-refractivity contribution in [3.05, 3.63) is 58.4 Å². The zero-order chi connectivity index (χ0) is 22.6. The zero-order valence-corrected chi connectivity index (χ0v) is 19.3. The zero-order valence-electron chi connectivity index (χ0n) is 17.6. The molecule has 0 aliphatic carbocycles. The third kappa shape index (κ3) is 5.48. The van der Waals surface area contributed by atoms with Gasteiger partial charge in [-0.15, -0.1) is 0 Å². The number of carbonyl (C=O) groups is 2. The molecule has 0 radical (unpaired) electrons. The summed E-state index contributed by atoms with van der Waals surface area (Å²) in [5, 5.41) is 0. The number of nitrogens with zero attached hydrogens (tertiary/aromatic N) is 2. The van der Waals surface area contributed by atoms with Gasteiger partial charge in [-0.3, -0.25) is 9.59 Å². The Morgan fingerprint density at radius 3 is 2.61 bits per heavy atom. The summed E-state index contributed by atoms with van der Waals surface area (Å²) >= 11 is 1.31. The van der Waals surface area contributed by atoms with Crippen molar-refractivity contribution in [2.45, 2.75) is 37.6 Å². The molecule has 0 N–H and O–H groups in total. The maximum atomic E-state index is 12.8. The van der Waals surface area contributed by atoms with Gasteiger partial charge in [0, 0.05) is 11.8 Å². The summed E-state index contributed by atoms with van der Waals surface area (Å²) in [4.78, 5) is 29.4. The second kappa shape index (κ2) is 9.57. The number of unbranched alkanes of at least 4 members (excludes halogenated alkanes) is 1. The lowest BCUT2D eigenvalue weighted by Gasteiger charge is -2.05. The molecular weight excluding hydrogens is 436 g/mol. The van der Waals surface area contributed by atoms with Gasteiger partial charge in [-0.2, -0.15) is 4.99 Å². The molecular formula is C22H24N2O5S2. The van der Waals surface area contributed by atoms with Crippen LogP contribution >= 0.6 is 11.3 Å². The van der Waals surface area contributed by atoms with Gasteiger partial charge in [0.05, 0.1) is 22.2 Å². The van der Waals surface area contributed by atoms with E-state index < -0.39 is 21.7 Å². The molecule has 9 heteroatoms. The van der Waals surface area contributed by atoms with Gasteiger partial charge in [0.25, 0.3) is 5.91 Å². The van der Waals surface area contributed by atoms with Crippen molar-refractivity contribution in [1.82, 2.24) is 4.57 Å². The average molecular weight is 461 g/mol. The highest BCUT2D eigenvalue weighted by Crippen LogP contribution is 2.21. The molecule has 0 aliphatic heterocycles.